The van der Waals surface area contributed by atoms with Crippen molar-refractivity contribution in [2.45, 2.75) is 38.9 Å². The van der Waals surface area contributed by atoms with E-state index in [1.165, 1.54) is 4.90 Å². The number of hydrogen-bond donors (Lipinski definition) is 3. The third-order valence-electron chi connectivity index (χ3n) is 7.31. The fraction of sp³-hybridized carbons (Fsp3) is 0.250. The number of nitrogens with two attached hydrogens (primary N) is 1. The van der Waals surface area contributed by atoms with E-state index in [-0.39, 0.29) is 19.5 Å². The maximum atomic E-state index is 14.2. The second-order valence-corrected chi connectivity index (χ2v) is 10.4. The number of urea groups is 1. The average molecular weight is 609 g/mol. The van der Waals surface area contributed by atoms with Crippen LogP contribution in [0.3, 0.4) is 0 Å². The van der Waals surface area contributed by atoms with Gasteiger partial charge in [0.15, 0.2) is 0 Å². The summed E-state index contributed by atoms with van der Waals surface area (Å²) in [6, 6.07) is 29.6. The number of carbonyl (C=O) groups is 3. The molecular formula is C36H40N4O5. The molecule has 0 aliphatic carbocycles. The second-order valence-electron chi connectivity index (χ2n) is 10.4. The number of benzene rings is 4. The molecule has 0 saturated heterocycles. The molecule has 0 saturated carbocycles. The average Bonchev–Trinajstić information content (AvgIpc) is 3.08. The highest BCUT2D eigenvalue weighted by Gasteiger charge is 2.30. The molecule has 0 radical (unpaired) electrons. The zero-order valence-electron chi connectivity index (χ0n) is 25.7. The molecule has 1 atom stereocenters. The minimum atomic E-state index is -1.03. The van der Waals surface area contributed by atoms with E-state index >= 15 is 0 Å². The summed E-state index contributed by atoms with van der Waals surface area (Å²) in [5.41, 5.74) is 9.70. The van der Waals surface area contributed by atoms with E-state index in [1.807, 2.05) is 85.8 Å². The fourth-order valence-electron chi connectivity index (χ4n) is 4.76. The van der Waals surface area contributed by atoms with Gasteiger partial charge in [-0.15, -0.1) is 0 Å². The van der Waals surface area contributed by atoms with Crippen LogP contribution in [-0.4, -0.2) is 49.0 Å². The van der Waals surface area contributed by atoms with Crippen molar-refractivity contribution in [1.29, 1.82) is 0 Å². The van der Waals surface area contributed by atoms with Gasteiger partial charge in [-0.3, -0.25) is 14.5 Å². The topological polar surface area (TPSA) is 123 Å². The monoisotopic (exact) mass is 608 g/mol. The van der Waals surface area contributed by atoms with Crippen LogP contribution < -0.4 is 25.8 Å². The maximum Gasteiger partial charge on any atom is 0.324 e. The lowest BCUT2D eigenvalue weighted by atomic mass is 10.0. The number of nitrogens with zero attached hydrogens (tertiary/aromatic N) is 1. The molecule has 45 heavy (non-hydrogen) atoms. The Hall–Kier alpha value is -5.15. The lowest BCUT2D eigenvalue weighted by molar-refractivity contribution is -0.130. The maximum absolute atomic E-state index is 14.2. The molecule has 9 nitrogen and oxygen atoms in total. The predicted octanol–water partition coefficient (Wildman–Crippen LogP) is 4.87. The second kappa shape index (κ2) is 16.6. The first kappa shape index (κ1) is 32.8. The molecule has 0 unspecified atom stereocenters. The fourth-order valence-corrected chi connectivity index (χ4v) is 4.76. The summed E-state index contributed by atoms with van der Waals surface area (Å²) in [5, 5.41) is 5.77. The zero-order valence-corrected chi connectivity index (χ0v) is 25.7. The molecule has 0 bridgehead atoms. The van der Waals surface area contributed by atoms with E-state index in [0.29, 0.717) is 36.6 Å². The van der Waals surface area contributed by atoms with Crippen molar-refractivity contribution in [2.24, 2.45) is 5.73 Å². The van der Waals surface area contributed by atoms with Gasteiger partial charge in [0.2, 0.25) is 0 Å². The molecular weight excluding hydrogens is 568 g/mol. The predicted molar refractivity (Wildman–Crippen MR) is 174 cm³/mol. The molecule has 4 rings (SSSR count). The Morgan fingerprint density at radius 2 is 1.40 bits per heavy atom. The third kappa shape index (κ3) is 9.67. The summed E-state index contributed by atoms with van der Waals surface area (Å²) >= 11 is 0. The highest BCUT2D eigenvalue weighted by molar-refractivity contribution is 6.01. The van der Waals surface area contributed by atoms with Crippen molar-refractivity contribution in [3.05, 3.63) is 131 Å². The lowest BCUT2D eigenvalue weighted by Gasteiger charge is -2.27. The van der Waals surface area contributed by atoms with Crippen molar-refractivity contribution in [3.63, 3.8) is 0 Å². The summed E-state index contributed by atoms with van der Waals surface area (Å²) in [5.74, 6) is 0.354. The van der Waals surface area contributed by atoms with Crippen LogP contribution >= 0.6 is 0 Å². The van der Waals surface area contributed by atoms with Crippen LogP contribution in [0.2, 0.25) is 0 Å². The Morgan fingerprint density at radius 1 is 0.778 bits per heavy atom. The number of carbonyl (C=O) groups excluding carboxylic acids is 3. The van der Waals surface area contributed by atoms with Gasteiger partial charge in [-0.2, -0.15) is 0 Å². The molecule has 0 aliphatic heterocycles. The van der Waals surface area contributed by atoms with Gasteiger partial charge in [0.25, 0.3) is 11.8 Å². The summed E-state index contributed by atoms with van der Waals surface area (Å²) in [4.78, 5) is 42.4. The highest BCUT2D eigenvalue weighted by atomic mass is 16.5. The van der Waals surface area contributed by atoms with Crippen LogP contribution in [0.5, 0.6) is 11.5 Å². The normalized spacial score (nSPS) is 11.3. The largest absolute Gasteiger partial charge is 0.497 e. The first-order valence-corrected chi connectivity index (χ1v) is 15.0. The quantitative estimate of drug-likeness (QED) is 0.188. The van der Waals surface area contributed by atoms with Crippen LogP contribution in [0.4, 0.5) is 4.79 Å². The number of ether oxygens (including phenoxy) is 2. The molecule has 4 aromatic carbocycles. The molecule has 4 N–H and O–H groups in total. The first-order chi connectivity index (χ1) is 21.9. The molecule has 4 aromatic rings. The molecule has 9 heteroatoms. The Kier molecular flexibility index (Phi) is 12.1. The van der Waals surface area contributed by atoms with Gasteiger partial charge < -0.3 is 25.8 Å². The number of nitrogens with one attached hydrogen (secondary N) is 2. The van der Waals surface area contributed by atoms with Crippen molar-refractivity contribution in [3.8, 4) is 11.5 Å². The Bertz CT molecular complexity index is 1520. The number of rotatable bonds is 14. The van der Waals surface area contributed by atoms with Gasteiger partial charge in [0, 0.05) is 31.6 Å². The molecule has 0 spiro atoms. The molecule has 4 amide bonds. The molecule has 0 heterocycles. The van der Waals surface area contributed by atoms with Crippen molar-refractivity contribution >= 4 is 17.8 Å². The highest BCUT2D eigenvalue weighted by Crippen LogP contribution is 2.16. The molecule has 234 valence electrons. The summed E-state index contributed by atoms with van der Waals surface area (Å²) < 4.78 is 10.8. The standard InChI is InChI=1S/C36H40N4O5/c1-3-45-32-17-13-27(14-18-32)23-33(39-34(41)30-15-19-31(44-2)20-16-30)35(42)40(22-21-26-7-5-4-6-8-26)36(43)38-25-29-11-9-28(24-37)10-12-29/h4-20,33H,3,21-25,37H2,1-2H3,(H,38,43)(H,39,41)/t33-/m1/s1. The van der Waals surface area contributed by atoms with Gasteiger partial charge in [0.05, 0.1) is 13.7 Å². The van der Waals surface area contributed by atoms with Gasteiger partial charge in [-0.1, -0.05) is 66.7 Å². The zero-order chi connectivity index (χ0) is 32.0. The van der Waals surface area contributed by atoms with E-state index in [1.54, 1.807) is 31.4 Å². The lowest BCUT2D eigenvalue weighted by Crippen LogP contribution is -2.54. The van der Waals surface area contributed by atoms with Crippen molar-refractivity contribution < 1.29 is 23.9 Å². The van der Waals surface area contributed by atoms with E-state index in [4.69, 9.17) is 15.2 Å². The van der Waals surface area contributed by atoms with E-state index in [9.17, 15) is 14.4 Å². The molecule has 0 aromatic heterocycles. The number of hydrogen-bond acceptors (Lipinski definition) is 6. The van der Waals surface area contributed by atoms with Crippen molar-refractivity contribution in [2.75, 3.05) is 20.3 Å². The van der Waals surface area contributed by atoms with Crippen LogP contribution in [0, 0.1) is 0 Å². The third-order valence-corrected chi connectivity index (χ3v) is 7.31. The number of imide groups is 1. The SMILES string of the molecule is CCOc1ccc(C[C@@H](NC(=O)c2ccc(OC)cc2)C(=O)N(CCc2ccccc2)C(=O)NCc2ccc(CN)cc2)cc1. The van der Waals surface area contributed by atoms with Crippen LogP contribution in [0.1, 0.15) is 39.5 Å². The van der Waals surface area contributed by atoms with E-state index in [2.05, 4.69) is 10.6 Å². The van der Waals surface area contributed by atoms with E-state index in [0.717, 1.165) is 22.3 Å². The van der Waals surface area contributed by atoms with Gasteiger partial charge in [0.1, 0.15) is 17.5 Å². The Balaban J connectivity index is 1.59. The molecule has 0 aliphatic rings. The van der Waals surface area contributed by atoms with Crippen molar-refractivity contribution in [1.82, 2.24) is 15.5 Å². The number of methoxy groups -OCH3 is 1. The smallest absolute Gasteiger partial charge is 0.324 e. The molecule has 0 fully saturated rings. The van der Waals surface area contributed by atoms with Gasteiger partial charge in [-0.25, -0.2) is 4.79 Å². The van der Waals surface area contributed by atoms with Gasteiger partial charge in [-0.05, 0) is 72.0 Å². The Labute approximate surface area is 264 Å². The van der Waals surface area contributed by atoms with Crippen LogP contribution in [0.25, 0.3) is 0 Å². The summed E-state index contributed by atoms with van der Waals surface area (Å²) in [6.07, 6.45) is 0.621. The van der Waals surface area contributed by atoms with Gasteiger partial charge >= 0.3 is 6.03 Å². The number of amides is 4. The first-order valence-electron chi connectivity index (χ1n) is 15.0. The minimum Gasteiger partial charge on any atom is -0.497 e. The van der Waals surface area contributed by atoms with Crippen LogP contribution in [-0.2, 0) is 30.7 Å². The minimum absolute atomic E-state index is 0.124. The Morgan fingerprint density at radius 3 is 2.02 bits per heavy atom. The van der Waals surface area contributed by atoms with E-state index < -0.39 is 23.9 Å². The summed E-state index contributed by atoms with van der Waals surface area (Å²) in [6.45, 7) is 3.20. The van der Waals surface area contributed by atoms with Crippen LogP contribution in [0.15, 0.2) is 103 Å². The summed E-state index contributed by atoms with van der Waals surface area (Å²) in [7, 11) is 1.55.